The van der Waals surface area contributed by atoms with Crippen molar-refractivity contribution in [3.63, 3.8) is 0 Å². The van der Waals surface area contributed by atoms with Crippen molar-refractivity contribution in [1.29, 1.82) is 0 Å². The van der Waals surface area contributed by atoms with Crippen molar-refractivity contribution in [3.8, 4) is 0 Å². The van der Waals surface area contributed by atoms with Crippen LogP contribution in [0.3, 0.4) is 0 Å². The number of hydrogen-bond donors (Lipinski definition) is 1. The van der Waals surface area contributed by atoms with Gasteiger partial charge in [0.1, 0.15) is 11.4 Å². The minimum Gasteiger partial charge on any atom is -0.444 e. The van der Waals surface area contributed by atoms with Gasteiger partial charge in [0.25, 0.3) is 0 Å². The van der Waals surface area contributed by atoms with Crippen molar-refractivity contribution in [3.05, 3.63) is 24.3 Å². The van der Waals surface area contributed by atoms with E-state index < -0.39 is 5.60 Å². The van der Waals surface area contributed by atoms with Crippen LogP contribution in [0.25, 0.3) is 10.1 Å². The maximum absolute atomic E-state index is 12.0. The number of nitrogens with zero attached hydrogens (tertiary/aromatic N) is 3. The number of hydrogen-bond acceptors (Lipinski definition) is 6. The molecule has 2 aliphatic rings. The van der Waals surface area contributed by atoms with Crippen LogP contribution in [-0.2, 0) is 4.74 Å². The smallest absolute Gasteiger partial charge is 0.407 e. The Kier molecular flexibility index (Phi) is 7.02. The first kappa shape index (κ1) is 22.3. The molecule has 0 spiro atoms. The Morgan fingerprint density at radius 1 is 1.13 bits per heavy atom. The molecule has 31 heavy (non-hydrogen) atoms. The lowest BCUT2D eigenvalue weighted by Crippen LogP contribution is -2.47. The molecule has 6 nitrogen and oxygen atoms in total. The summed E-state index contributed by atoms with van der Waals surface area (Å²) in [6, 6.07) is 8.80. The number of amides is 1. The van der Waals surface area contributed by atoms with Gasteiger partial charge in [-0.3, -0.25) is 4.90 Å². The van der Waals surface area contributed by atoms with E-state index in [2.05, 4.69) is 39.4 Å². The molecule has 7 heteroatoms. The van der Waals surface area contributed by atoms with Crippen molar-refractivity contribution in [2.75, 3.05) is 37.6 Å². The van der Waals surface area contributed by atoms with Crippen LogP contribution < -0.4 is 10.2 Å². The molecule has 2 heterocycles. The molecule has 0 bridgehead atoms. The molecule has 1 saturated carbocycles. The van der Waals surface area contributed by atoms with Gasteiger partial charge < -0.3 is 15.0 Å². The van der Waals surface area contributed by atoms with E-state index in [4.69, 9.17) is 9.11 Å². The van der Waals surface area contributed by atoms with Crippen molar-refractivity contribution in [2.24, 2.45) is 5.92 Å². The Labute approximate surface area is 190 Å². The number of benzene rings is 1. The minimum absolute atomic E-state index is 0.266. The van der Waals surface area contributed by atoms with E-state index in [0.717, 1.165) is 50.8 Å². The SMILES string of the molecule is CC(C)(C)OC(=O)N[C@H]1CC[C@H](CCN2CCN(c3nsc4ccccc34)CC2)CC1. The van der Waals surface area contributed by atoms with E-state index in [1.165, 1.54) is 35.9 Å². The quantitative estimate of drug-likeness (QED) is 0.711. The van der Waals surface area contributed by atoms with Gasteiger partial charge in [0.15, 0.2) is 0 Å². The van der Waals surface area contributed by atoms with Crippen LogP contribution in [0.2, 0.25) is 0 Å². The van der Waals surface area contributed by atoms with Crippen molar-refractivity contribution < 1.29 is 9.53 Å². The van der Waals surface area contributed by atoms with Gasteiger partial charge in [0.05, 0.1) is 4.70 Å². The van der Waals surface area contributed by atoms with Crippen LogP contribution in [-0.4, -0.2) is 59.7 Å². The van der Waals surface area contributed by atoms with Gasteiger partial charge >= 0.3 is 6.09 Å². The van der Waals surface area contributed by atoms with E-state index in [0.29, 0.717) is 0 Å². The van der Waals surface area contributed by atoms with Crippen LogP contribution in [0.5, 0.6) is 0 Å². The minimum atomic E-state index is -0.433. The molecule has 1 aliphatic carbocycles. The van der Waals surface area contributed by atoms with E-state index in [-0.39, 0.29) is 12.1 Å². The first-order valence-corrected chi connectivity index (χ1v) is 12.5. The zero-order valence-corrected chi connectivity index (χ0v) is 19.9. The van der Waals surface area contributed by atoms with Crippen molar-refractivity contribution in [1.82, 2.24) is 14.6 Å². The topological polar surface area (TPSA) is 57.7 Å². The highest BCUT2D eigenvalue weighted by Crippen LogP contribution is 2.30. The Morgan fingerprint density at radius 3 is 2.55 bits per heavy atom. The number of nitrogens with one attached hydrogen (secondary N) is 1. The second-order valence-corrected chi connectivity index (χ2v) is 10.8. The fourth-order valence-electron chi connectivity index (χ4n) is 4.72. The fraction of sp³-hybridized carbons (Fsp3) is 0.667. The van der Waals surface area contributed by atoms with Crippen LogP contribution in [0, 0.1) is 5.92 Å². The van der Waals surface area contributed by atoms with E-state index in [1.807, 2.05) is 20.8 Å². The molecule has 1 aromatic carbocycles. The van der Waals surface area contributed by atoms with Crippen molar-refractivity contribution in [2.45, 2.75) is 64.5 Å². The van der Waals surface area contributed by atoms with Crippen LogP contribution in [0.1, 0.15) is 52.9 Å². The highest BCUT2D eigenvalue weighted by Gasteiger charge is 2.26. The molecular weight excluding hydrogens is 408 g/mol. The number of aromatic nitrogens is 1. The Balaban J connectivity index is 1.15. The molecule has 4 rings (SSSR count). The summed E-state index contributed by atoms with van der Waals surface area (Å²) in [5.74, 6) is 1.94. The molecular formula is C24H36N4O2S. The maximum atomic E-state index is 12.0. The summed E-state index contributed by atoms with van der Waals surface area (Å²) < 4.78 is 11.4. The number of piperazine rings is 1. The molecule has 170 valence electrons. The number of carbonyl (C=O) groups excluding carboxylic acids is 1. The summed E-state index contributed by atoms with van der Waals surface area (Å²) in [6.45, 7) is 11.2. The molecule has 1 N–H and O–H groups in total. The summed E-state index contributed by atoms with van der Waals surface area (Å²) >= 11 is 1.60. The van der Waals surface area contributed by atoms with Crippen LogP contribution in [0.15, 0.2) is 24.3 Å². The Hall–Kier alpha value is -1.86. The average molecular weight is 445 g/mol. The molecule has 0 atom stereocenters. The van der Waals surface area contributed by atoms with Crippen molar-refractivity contribution >= 4 is 33.5 Å². The molecule has 0 unspecified atom stereocenters. The van der Waals surface area contributed by atoms with Gasteiger partial charge in [-0.05, 0) is 89.0 Å². The molecule has 0 radical (unpaired) electrons. The predicted molar refractivity (Wildman–Crippen MR) is 128 cm³/mol. The zero-order chi connectivity index (χ0) is 21.8. The van der Waals surface area contributed by atoms with Gasteiger partial charge in [-0.15, -0.1) is 0 Å². The van der Waals surface area contributed by atoms with E-state index >= 15 is 0 Å². The van der Waals surface area contributed by atoms with Crippen LogP contribution in [0.4, 0.5) is 10.6 Å². The molecule has 2 fully saturated rings. The molecule has 1 saturated heterocycles. The van der Waals surface area contributed by atoms with Crippen LogP contribution >= 0.6 is 11.5 Å². The lowest BCUT2D eigenvalue weighted by molar-refractivity contribution is 0.0486. The van der Waals surface area contributed by atoms with Gasteiger partial charge in [-0.2, -0.15) is 4.37 Å². The summed E-state index contributed by atoms with van der Waals surface area (Å²) in [6.07, 6.45) is 5.51. The molecule has 2 aromatic rings. The number of carbonyl (C=O) groups is 1. The number of fused-ring (bicyclic) bond motifs is 1. The van der Waals surface area contributed by atoms with Gasteiger partial charge in [-0.1, -0.05) is 12.1 Å². The highest BCUT2D eigenvalue weighted by molar-refractivity contribution is 7.13. The monoisotopic (exact) mass is 444 g/mol. The third kappa shape index (κ3) is 6.10. The number of rotatable bonds is 5. The number of anilines is 1. The Bertz CT molecular complexity index is 862. The number of ether oxygens (including phenoxy) is 1. The number of alkyl carbamates (subject to hydrolysis) is 1. The summed E-state index contributed by atoms with van der Waals surface area (Å²) in [5.41, 5.74) is -0.433. The lowest BCUT2D eigenvalue weighted by Gasteiger charge is -2.36. The third-order valence-corrected chi connectivity index (χ3v) is 7.27. The highest BCUT2D eigenvalue weighted by atomic mass is 32.1. The van der Waals surface area contributed by atoms with Gasteiger partial charge in [0.2, 0.25) is 0 Å². The second-order valence-electron chi connectivity index (χ2n) is 9.98. The first-order chi connectivity index (χ1) is 14.9. The predicted octanol–water partition coefficient (Wildman–Crippen LogP) is 4.89. The van der Waals surface area contributed by atoms with Gasteiger partial charge in [-0.25, -0.2) is 4.79 Å². The third-order valence-electron chi connectivity index (χ3n) is 6.45. The summed E-state index contributed by atoms with van der Waals surface area (Å²) in [5, 5.41) is 4.34. The lowest BCUT2D eigenvalue weighted by atomic mass is 9.84. The Morgan fingerprint density at radius 2 is 1.84 bits per heavy atom. The average Bonchev–Trinajstić information content (AvgIpc) is 3.16. The largest absolute Gasteiger partial charge is 0.444 e. The summed E-state index contributed by atoms with van der Waals surface area (Å²) in [4.78, 5) is 17.0. The molecule has 1 aromatic heterocycles. The molecule has 1 amide bonds. The van der Waals surface area contributed by atoms with E-state index in [1.54, 1.807) is 11.5 Å². The zero-order valence-electron chi connectivity index (χ0n) is 19.1. The van der Waals surface area contributed by atoms with Gasteiger partial charge in [0, 0.05) is 37.6 Å². The first-order valence-electron chi connectivity index (χ1n) is 11.7. The normalized spacial score (nSPS) is 23.1. The molecule has 1 aliphatic heterocycles. The summed E-state index contributed by atoms with van der Waals surface area (Å²) in [7, 11) is 0. The maximum Gasteiger partial charge on any atom is 0.407 e. The van der Waals surface area contributed by atoms with E-state index in [9.17, 15) is 4.79 Å². The fourth-order valence-corrected chi connectivity index (χ4v) is 5.51. The standard InChI is InChI=1S/C24H36N4O2S/c1-24(2,3)30-23(29)25-19-10-8-18(9-11-19)12-13-27-14-16-28(17-15-27)22-20-6-4-5-7-21(20)31-26-22/h4-7,18-19H,8-17H2,1-3H3,(H,25,29)/t18-,19-. The second kappa shape index (κ2) is 9.74.